The zero-order valence-corrected chi connectivity index (χ0v) is 8.44. The lowest BCUT2D eigenvalue weighted by Crippen LogP contribution is -2.24. The molecule has 1 aromatic heterocycles. The van der Waals surface area contributed by atoms with Crippen molar-refractivity contribution in [2.75, 3.05) is 19.8 Å². The zero-order valence-electron chi connectivity index (χ0n) is 8.44. The van der Waals surface area contributed by atoms with Crippen molar-refractivity contribution in [2.45, 2.75) is 13.0 Å². The molecule has 0 amide bonds. The van der Waals surface area contributed by atoms with Crippen molar-refractivity contribution < 1.29 is 4.74 Å². The van der Waals surface area contributed by atoms with Gasteiger partial charge in [0, 0.05) is 20.2 Å². The van der Waals surface area contributed by atoms with E-state index in [0.717, 1.165) is 32.1 Å². The minimum Gasteiger partial charge on any atom is -0.381 e. The van der Waals surface area contributed by atoms with E-state index in [4.69, 9.17) is 4.74 Å². The Bertz CT molecular complexity index is 280. The highest BCUT2D eigenvalue weighted by Crippen LogP contribution is 2.10. The number of nitrogens with one attached hydrogen (secondary N) is 1. The van der Waals surface area contributed by atoms with Gasteiger partial charge in [0.05, 0.1) is 13.2 Å². The van der Waals surface area contributed by atoms with Gasteiger partial charge < -0.3 is 10.1 Å². The smallest absolute Gasteiger partial charge is 0.140 e. The number of aryl methyl sites for hydroxylation is 1. The van der Waals surface area contributed by atoms with Crippen LogP contribution in [0, 0.1) is 5.92 Å². The van der Waals surface area contributed by atoms with Crippen LogP contribution in [-0.4, -0.2) is 34.5 Å². The Kier molecular flexibility index (Phi) is 3.10. The molecular formula is C9H16N4O. The van der Waals surface area contributed by atoms with Gasteiger partial charge in [0.15, 0.2) is 0 Å². The Hall–Kier alpha value is -0.940. The van der Waals surface area contributed by atoms with Gasteiger partial charge in [-0.15, -0.1) is 0 Å². The summed E-state index contributed by atoms with van der Waals surface area (Å²) in [5.41, 5.74) is 0. The van der Waals surface area contributed by atoms with Crippen molar-refractivity contribution in [1.82, 2.24) is 20.1 Å². The lowest BCUT2D eigenvalue weighted by atomic mass is 10.1. The van der Waals surface area contributed by atoms with E-state index in [-0.39, 0.29) is 0 Å². The minimum absolute atomic E-state index is 0.670. The number of nitrogens with zero attached hydrogens (tertiary/aromatic N) is 3. The van der Waals surface area contributed by atoms with Crippen molar-refractivity contribution in [3.63, 3.8) is 0 Å². The van der Waals surface area contributed by atoms with Gasteiger partial charge in [0.2, 0.25) is 0 Å². The third-order valence-electron chi connectivity index (χ3n) is 2.55. The molecule has 1 N–H and O–H groups in total. The van der Waals surface area contributed by atoms with Gasteiger partial charge in [0.1, 0.15) is 12.2 Å². The first-order valence-electron chi connectivity index (χ1n) is 4.97. The highest BCUT2D eigenvalue weighted by atomic mass is 16.5. The van der Waals surface area contributed by atoms with Crippen LogP contribution in [0.5, 0.6) is 0 Å². The van der Waals surface area contributed by atoms with Gasteiger partial charge in [-0.3, -0.25) is 4.68 Å². The van der Waals surface area contributed by atoms with E-state index in [1.54, 1.807) is 11.0 Å². The summed E-state index contributed by atoms with van der Waals surface area (Å²) in [6.07, 6.45) is 2.75. The predicted molar refractivity (Wildman–Crippen MR) is 51.6 cm³/mol. The summed E-state index contributed by atoms with van der Waals surface area (Å²) >= 11 is 0. The first-order chi connectivity index (χ1) is 6.86. The van der Waals surface area contributed by atoms with E-state index in [1.165, 1.54) is 6.42 Å². The van der Waals surface area contributed by atoms with Crippen molar-refractivity contribution >= 4 is 0 Å². The monoisotopic (exact) mass is 196 g/mol. The molecule has 0 bridgehead atoms. The van der Waals surface area contributed by atoms with Gasteiger partial charge in [-0.1, -0.05) is 0 Å². The van der Waals surface area contributed by atoms with Gasteiger partial charge in [-0.25, -0.2) is 4.98 Å². The first-order valence-corrected chi connectivity index (χ1v) is 4.97. The van der Waals surface area contributed by atoms with Gasteiger partial charge in [-0.05, 0) is 12.3 Å². The quantitative estimate of drug-likeness (QED) is 0.733. The van der Waals surface area contributed by atoms with Crippen LogP contribution in [0.3, 0.4) is 0 Å². The summed E-state index contributed by atoms with van der Waals surface area (Å²) in [5.74, 6) is 1.65. The van der Waals surface area contributed by atoms with Crippen molar-refractivity contribution in [3.05, 3.63) is 12.2 Å². The zero-order chi connectivity index (χ0) is 9.80. The normalized spacial score (nSPS) is 21.6. The summed E-state index contributed by atoms with van der Waals surface area (Å²) < 4.78 is 7.09. The summed E-state index contributed by atoms with van der Waals surface area (Å²) in [5, 5.41) is 7.38. The predicted octanol–water partition coefficient (Wildman–Crippen LogP) is -0.0588. The average molecular weight is 196 g/mol. The van der Waals surface area contributed by atoms with Crippen LogP contribution < -0.4 is 5.32 Å². The second-order valence-corrected chi connectivity index (χ2v) is 3.66. The molecule has 1 aromatic rings. The van der Waals surface area contributed by atoms with E-state index >= 15 is 0 Å². The molecule has 0 radical (unpaired) electrons. The maximum absolute atomic E-state index is 5.30. The van der Waals surface area contributed by atoms with Crippen LogP contribution in [0.1, 0.15) is 12.2 Å². The fraction of sp³-hybridized carbons (Fsp3) is 0.778. The number of hydrogen-bond donors (Lipinski definition) is 1. The van der Waals surface area contributed by atoms with Crippen LogP contribution in [-0.2, 0) is 18.3 Å². The SMILES string of the molecule is Cn1ncnc1CNCC1CCOC1. The molecule has 1 aliphatic heterocycles. The number of aromatic nitrogens is 3. The molecular weight excluding hydrogens is 180 g/mol. The number of hydrogen-bond acceptors (Lipinski definition) is 4. The first kappa shape index (κ1) is 9.61. The van der Waals surface area contributed by atoms with Gasteiger partial charge >= 0.3 is 0 Å². The molecule has 2 rings (SSSR count). The van der Waals surface area contributed by atoms with E-state index in [9.17, 15) is 0 Å². The third-order valence-corrected chi connectivity index (χ3v) is 2.55. The summed E-state index contributed by atoms with van der Waals surface area (Å²) in [4.78, 5) is 4.14. The fourth-order valence-corrected chi connectivity index (χ4v) is 1.61. The maximum atomic E-state index is 5.30. The van der Waals surface area contributed by atoms with Gasteiger partial charge in [0.25, 0.3) is 0 Å². The van der Waals surface area contributed by atoms with E-state index < -0.39 is 0 Å². The van der Waals surface area contributed by atoms with E-state index in [0.29, 0.717) is 5.92 Å². The van der Waals surface area contributed by atoms with E-state index in [1.807, 2.05) is 7.05 Å². The molecule has 0 aliphatic carbocycles. The molecule has 1 unspecified atom stereocenters. The molecule has 5 nitrogen and oxygen atoms in total. The molecule has 0 aromatic carbocycles. The Labute approximate surface area is 83.5 Å². The minimum atomic E-state index is 0.670. The highest BCUT2D eigenvalue weighted by molar-refractivity contribution is 4.82. The Morgan fingerprint density at radius 2 is 2.64 bits per heavy atom. The van der Waals surface area contributed by atoms with Crippen LogP contribution in [0.25, 0.3) is 0 Å². The van der Waals surface area contributed by atoms with E-state index in [2.05, 4.69) is 15.4 Å². The largest absolute Gasteiger partial charge is 0.381 e. The molecule has 5 heteroatoms. The second kappa shape index (κ2) is 4.52. The molecule has 0 saturated carbocycles. The number of rotatable bonds is 4. The van der Waals surface area contributed by atoms with Crippen molar-refractivity contribution in [3.8, 4) is 0 Å². The van der Waals surface area contributed by atoms with Crippen molar-refractivity contribution in [2.24, 2.45) is 13.0 Å². The standard InChI is InChI=1S/C9H16N4O/c1-13-9(11-7-12-13)5-10-4-8-2-3-14-6-8/h7-8,10H,2-6H2,1H3. The molecule has 0 spiro atoms. The number of ether oxygens (including phenoxy) is 1. The maximum Gasteiger partial charge on any atom is 0.140 e. The molecule has 1 fully saturated rings. The third kappa shape index (κ3) is 2.30. The molecule has 1 saturated heterocycles. The van der Waals surface area contributed by atoms with Crippen LogP contribution >= 0.6 is 0 Å². The average Bonchev–Trinajstić information content (AvgIpc) is 2.78. The van der Waals surface area contributed by atoms with Crippen LogP contribution in [0.2, 0.25) is 0 Å². The summed E-state index contributed by atoms with van der Waals surface area (Å²) in [6.45, 7) is 3.60. The highest BCUT2D eigenvalue weighted by Gasteiger charge is 2.14. The summed E-state index contributed by atoms with van der Waals surface area (Å²) in [6, 6.07) is 0. The van der Waals surface area contributed by atoms with Gasteiger partial charge in [-0.2, -0.15) is 5.10 Å². The Morgan fingerprint density at radius 3 is 3.29 bits per heavy atom. The lowest BCUT2D eigenvalue weighted by molar-refractivity contribution is 0.185. The molecule has 1 atom stereocenters. The molecule has 2 heterocycles. The topological polar surface area (TPSA) is 52.0 Å². The molecule has 78 valence electrons. The molecule has 14 heavy (non-hydrogen) atoms. The fourth-order valence-electron chi connectivity index (χ4n) is 1.61. The second-order valence-electron chi connectivity index (χ2n) is 3.66. The van der Waals surface area contributed by atoms with Crippen LogP contribution in [0.4, 0.5) is 0 Å². The molecule has 1 aliphatic rings. The van der Waals surface area contributed by atoms with Crippen LogP contribution in [0.15, 0.2) is 6.33 Å². The Balaban J connectivity index is 1.70. The van der Waals surface area contributed by atoms with Crippen molar-refractivity contribution in [1.29, 1.82) is 0 Å². The summed E-state index contributed by atoms with van der Waals surface area (Å²) in [7, 11) is 1.91. The Morgan fingerprint density at radius 1 is 1.71 bits per heavy atom. The lowest BCUT2D eigenvalue weighted by Gasteiger charge is -2.08.